The predicted octanol–water partition coefficient (Wildman–Crippen LogP) is 1.80. The summed E-state index contributed by atoms with van der Waals surface area (Å²) in [6.07, 6.45) is 0.649. The minimum atomic E-state index is -0.851. The Morgan fingerprint density at radius 2 is 2.07 bits per heavy atom. The summed E-state index contributed by atoms with van der Waals surface area (Å²) in [7, 11) is 0. The van der Waals surface area contributed by atoms with Gasteiger partial charge in [-0.15, -0.1) is 0 Å². The van der Waals surface area contributed by atoms with Crippen LogP contribution in [0.2, 0.25) is 0 Å². The third-order valence-corrected chi connectivity index (χ3v) is 3.16. The van der Waals surface area contributed by atoms with Gasteiger partial charge in [-0.05, 0) is 12.5 Å². The first-order valence-electron chi connectivity index (χ1n) is 4.68. The topological polar surface area (TPSA) is 32.3 Å². The van der Waals surface area contributed by atoms with Crippen LogP contribution in [0.5, 0.6) is 0 Å². The zero-order chi connectivity index (χ0) is 10.2. The second-order valence-electron chi connectivity index (χ2n) is 3.91. The van der Waals surface area contributed by atoms with E-state index in [0.717, 1.165) is 0 Å². The first-order valence-corrected chi connectivity index (χ1v) is 5.09. The molecule has 0 bridgehead atoms. The summed E-state index contributed by atoms with van der Waals surface area (Å²) in [6.45, 7) is 1.76. The van der Waals surface area contributed by atoms with Crippen LogP contribution in [-0.2, 0) is 0 Å². The van der Waals surface area contributed by atoms with Crippen LogP contribution in [0.4, 0.5) is 0 Å². The van der Waals surface area contributed by atoms with Crippen LogP contribution in [0, 0.1) is 0 Å². The number of hydrogen-bond acceptors (Lipinski definition) is 2. The summed E-state index contributed by atoms with van der Waals surface area (Å²) in [5.41, 5.74) is 0.322. The Hall–Kier alpha value is -0.930. The van der Waals surface area contributed by atoms with E-state index in [4.69, 9.17) is 12.2 Å². The zero-order valence-corrected chi connectivity index (χ0v) is 8.84. The van der Waals surface area contributed by atoms with Crippen LogP contribution in [0.3, 0.4) is 0 Å². The largest absolute Gasteiger partial charge is 0.383 e. The minimum Gasteiger partial charge on any atom is -0.383 e. The van der Waals surface area contributed by atoms with Crippen molar-refractivity contribution in [3.63, 3.8) is 0 Å². The fourth-order valence-electron chi connectivity index (χ4n) is 1.74. The van der Waals surface area contributed by atoms with Gasteiger partial charge in [0.15, 0.2) is 0 Å². The molecule has 2 N–H and O–H groups in total. The molecule has 1 aromatic rings. The average molecular weight is 207 g/mol. The van der Waals surface area contributed by atoms with Crippen molar-refractivity contribution < 1.29 is 5.11 Å². The van der Waals surface area contributed by atoms with E-state index in [-0.39, 0.29) is 6.04 Å². The Bertz CT molecular complexity index is 348. The molecular formula is C11H13NOS. The molecule has 1 fully saturated rings. The van der Waals surface area contributed by atoms with E-state index in [0.29, 0.717) is 11.4 Å². The molecule has 14 heavy (non-hydrogen) atoms. The van der Waals surface area contributed by atoms with Gasteiger partial charge in [-0.2, -0.15) is 0 Å². The van der Waals surface area contributed by atoms with E-state index in [1.807, 2.05) is 30.3 Å². The third kappa shape index (κ3) is 1.65. The molecule has 1 heterocycles. The van der Waals surface area contributed by atoms with Gasteiger partial charge in [-0.3, -0.25) is 0 Å². The maximum absolute atomic E-state index is 9.89. The van der Waals surface area contributed by atoms with E-state index in [9.17, 15) is 5.11 Å². The van der Waals surface area contributed by atoms with Crippen molar-refractivity contribution in [1.29, 1.82) is 0 Å². The molecule has 0 aromatic heterocycles. The van der Waals surface area contributed by atoms with Gasteiger partial charge in [0.25, 0.3) is 0 Å². The van der Waals surface area contributed by atoms with Crippen molar-refractivity contribution in [2.45, 2.75) is 25.0 Å². The Balaban J connectivity index is 2.21. The van der Waals surface area contributed by atoms with Gasteiger partial charge in [-0.1, -0.05) is 42.5 Å². The number of nitrogens with one attached hydrogen (secondary N) is 1. The number of hydrogen-bond donors (Lipinski definition) is 2. The second-order valence-corrected chi connectivity index (χ2v) is 4.32. The highest BCUT2D eigenvalue weighted by molar-refractivity contribution is 7.80. The Kier molecular flexibility index (Phi) is 2.29. The lowest BCUT2D eigenvalue weighted by Crippen LogP contribution is -2.32. The van der Waals surface area contributed by atoms with E-state index in [2.05, 4.69) is 5.32 Å². The summed E-state index contributed by atoms with van der Waals surface area (Å²) in [6, 6.07) is 10.2. The SMILES string of the molecule is CC1(O)CC(c2ccccc2)NC1=S. The van der Waals surface area contributed by atoms with E-state index < -0.39 is 5.60 Å². The third-order valence-electron chi connectivity index (χ3n) is 2.60. The summed E-state index contributed by atoms with van der Waals surface area (Å²) in [5.74, 6) is 0. The molecule has 0 amide bonds. The van der Waals surface area contributed by atoms with Gasteiger partial charge >= 0.3 is 0 Å². The molecule has 1 aliphatic heterocycles. The number of rotatable bonds is 1. The number of aliphatic hydroxyl groups is 1. The Morgan fingerprint density at radius 1 is 1.43 bits per heavy atom. The van der Waals surface area contributed by atoms with Crippen molar-refractivity contribution in [3.8, 4) is 0 Å². The summed E-state index contributed by atoms with van der Waals surface area (Å²) >= 11 is 5.07. The lowest BCUT2D eigenvalue weighted by Gasteiger charge is -2.13. The van der Waals surface area contributed by atoms with Gasteiger partial charge in [0.2, 0.25) is 0 Å². The minimum absolute atomic E-state index is 0.152. The fraction of sp³-hybridized carbons (Fsp3) is 0.364. The van der Waals surface area contributed by atoms with Crippen molar-refractivity contribution in [1.82, 2.24) is 5.32 Å². The van der Waals surface area contributed by atoms with E-state index in [1.54, 1.807) is 6.92 Å². The fourth-order valence-corrected chi connectivity index (χ4v) is 1.97. The van der Waals surface area contributed by atoms with Crippen molar-refractivity contribution in [3.05, 3.63) is 35.9 Å². The number of thiocarbonyl (C=S) groups is 1. The van der Waals surface area contributed by atoms with Crippen LogP contribution in [0.15, 0.2) is 30.3 Å². The standard InChI is InChI=1S/C11H13NOS/c1-11(13)7-9(12-10(11)14)8-5-3-2-4-6-8/h2-6,9,13H,7H2,1H3,(H,12,14). The molecule has 3 heteroatoms. The lowest BCUT2D eigenvalue weighted by molar-refractivity contribution is 0.132. The molecule has 0 saturated carbocycles. The molecule has 0 radical (unpaired) electrons. The van der Waals surface area contributed by atoms with Crippen LogP contribution in [0.25, 0.3) is 0 Å². The van der Waals surface area contributed by atoms with Crippen LogP contribution >= 0.6 is 12.2 Å². The highest BCUT2D eigenvalue weighted by Crippen LogP contribution is 2.31. The van der Waals surface area contributed by atoms with Gasteiger partial charge in [0, 0.05) is 6.42 Å². The zero-order valence-electron chi connectivity index (χ0n) is 8.03. The lowest BCUT2D eigenvalue weighted by atomic mass is 9.98. The second kappa shape index (κ2) is 3.33. The normalized spacial score (nSPS) is 31.6. The van der Waals surface area contributed by atoms with Gasteiger partial charge in [-0.25, -0.2) is 0 Å². The molecule has 0 aliphatic carbocycles. The predicted molar refractivity (Wildman–Crippen MR) is 60.2 cm³/mol. The molecule has 1 aromatic carbocycles. The summed E-state index contributed by atoms with van der Waals surface area (Å²) in [4.78, 5) is 0.548. The smallest absolute Gasteiger partial charge is 0.114 e. The first-order chi connectivity index (χ1) is 6.59. The van der Waals surface area contributed by atoms with Crippen molar-refractivity contribution in [2.24, 2.45) is 0 Å². The highest BCUT2D eigenvalue weighted by atomic mass is 32.1. The molecule has 1 saturated heterocycles. The Morgan fingerprint density at radius 3 is 2.57 bits per heavy atom. The highest BCUT2D eigenvalue weighted by Gasteiger charge is 2.38. The summed E-state index contributed by atoms with van der Waals surface area (Å²) in [5, 5.41) is 13.0. The average Bonchev–Trinajstić information content (AvgIpc) is 2.43. The maximum atomic E-state index is 9.89. The monoisotopic (exact) mass is 207 g/mol. The molecule has 1 aliphatic rings. The molecule has 74 valence electrons. The van der Waals surface area contributed by atoms with Crippen molar-refractivity contribution in [2.75, 3.05) is 0 Å². The summed E-state index contributed by atoms with van der Waals surface area (Å²) < 4.78 is 0. The van der Waals surface area contributed by atoms with Crippen LogP contribution < -0.4 is 5.32 Å². The Labute approximate surface area is 89.0 Å². The van der Waals surface area contributed by atoms with Crippen molar-refractivity contribution >= 4 is 17.2 Å². The maximum Gasteiger partial charge on any atom is 0.114 e. The van der Waals surface area contributed by atoms with Crippen LogP contribution in [0.1, 0.15) is 24.9 Å². The van der Waals surface area contributed by atoms with Crippen LogP contribution in [-0.4, -0.2) is 15.7 Å². The number of benzene rings is 1. The van der Waals surface area contributed by atoms with Gasteiger partial charge in [0.05, 0.1) is 6.04 Å². The molecular weight excluding hydrogens is 194 g/mol. The molecule has 2 unspecified atom stereocenters. The molecule has 2 atom stereocenters. The molecule has 2 nitrogen and oxygen atoms in total. The quantitative estimate of drug-likeness (QED) is 0.689. The van der Waals surface area contributed by atoms with Gasteiger partial charge in [0.1, 0.15) is 10.6 Å². The first kappa shape index (κ1) is 9.62. The molecule has 2 rings (SSSR count). The van der Waals surface area contributed by atoms with E-state index >= 15 is 0 Å². The van der Waals surface area contributed by atoms with E-state index in [1.165, 1.54) is 5.56 Å². The molecule has 0 spiro atoms. The van der Waals surface area contributed by atoms with Gasteiger partial charge < -0.3 is 10.4 Å².